The highest BCUT2D eigenvalue weighted by Gasteiger charge is 2.24. The summed E-state index contributed by atoms with van der Waals surface area (Å²) >= 11 is 1.58. The Morgan fingerprint density at radius 1 is 1.03 bits per heavy atom. The maximum Gasteiger partial charge on any atom is 0.306 e. The molecule has 1 N–H and O–H groups in total. The van der Waals surface area contributed by atoms with Crippen LogP contribution < -0.4 is 5.32 Å². The van der Waals surface area contributed by atoms with Gasteiger partial charge >= 0.3 is 5.97 Å². The first kappa shape index (κ1) is 25.2. The first-order chi connectivity index (χ1) is 18.0. The number of aryl methyl sites for hydroxylation is 1. The van der Waals surface area contributed by atoms with Gasteiger partial charge in [0, 0.05) is 25.4 Å². The van der Waals surface area contributed by atoms with E-state index < -0.39 is 0 Å². The fourth-order valence-corrected chi connectivity index (χ4v) is 6.06. The summed E-state index contributed by atoms with van der Waals surface area (Å²) in [5.41, 5.74) is 5.21. The van der Waals surface area contributed by atoms with Gasteiger partial charge in [-0.2, -0.15) is 0 Å². The molecule has 1 aliphatic rings. The van der Waals surface area contributed by atoms with Crippen LogP contribution in [0.1, 0.15) is 72.1 Å². The minimum Gasteiger partial charge on any atom is -0.466 e. The summed E-state index contributed by atoms with van der Waals surface area (Å²) in [5.74, 6) is 0.771. The number of nitrogens with one attached hydrogen (secondary N) is 1. The van der Waals surface area contributed by atoms with Crippen molar-refractivity contribution < 1.29 is 14.3 Å². The van der Waals surface area contributed by atoms with E-state index in [1.54, 1.807) is 17.5 Å². The van der Waals surface area contributed by atoms with Crippen LogP contribution in [-0.4, -0.2) is 27.9 Å². The lowest BCUT2D eigenvalue weighted by molar-refractivity contribution is -0.144. The maximum absolute atomic E-state index is 12.6. The van der Waals surface area contributed by atoms with Crippen LogP contribution in [0.15, 0.2) is 60.9 Å². The third-order valence-corrected chi connectivity index (χ3v) is 8.28. The molecule has 4 aromatic rings. The van der Waals surface area contributed by atoms with E-state index in [0.717, 1.165) is 46.6 Å². The molecule has 2 aromatic carbocycles. The molecular weight excluding hydrogens is 482 g/mol. The van der Waals surface area contributed by atoms with E-state index in [0.29, 0.717) is 37.1 Å². The highest BCUT2D eigenvalue weighted by atomic mass is 32.1. The average Bonchev–Trinajstić information content (AvgIpc) is 3.49. The van der Waals surface area contributed by atoms with Crippen molar-refractivity contribution in [3.8, 4) is 10.4 Å². The Labute approximate surface area is 221 Å². The molecular formula is C30H33N3O3S. The Morgan fingerprint density at radius 3 is 2.43 bits per heavy atom. The standard InChI is InChI=1S/C30H33N3O3S/c1-3-36-28(34)16-21-8-10-23(11-9-21)24-12-14-25(15-13-24)27-19-33-18-26(32-30(33)37-27)29(35)31-17-22-6-4-20(2)5-7-22/h4-7,12-15,18-19,21,23H,3,8-11,16-17H2,1-2H3,(H,31,35). The zero-order valence-electron chi connectivity index (χ0n) is 21.4. The van der Waals surface area contributed by atoms with Gasteiger partial charge in [0.25, 0.3) is 5.91 Å². The second-order valence-electron chi connectivity index (χ2n) is 9.93. The van der Waals surface area contributed by atoms with Crippen LogP contribution in [0.4, 0.5) is 0 Å². The molecule has 0 bridgehead atoms. The SMILES string of the molecule is CCOC(=O)CC1CCC(c2ccc(-c3cn4cc(C(=O)NCc5ccc(C)cc5)nc4s3)cc2)CC1. The lowest BCUT2D eigenvalue weighted by atomic mass is 9.77. The number of hydrogen-bond acceptors (Lipinski definition) is 5. The molecule has 7 heteroatoms. The monoisotopic (exact) mass is 515 g/mol. The van der Waals surface area contributed by atoms with Gasteiger partial charge in [0.2, 0.25) is 0 Å². The van der Waals surface area contributed by atoms with Crippen LogP contribution in [-0.2, 0) is 16.1 Å². The van der Waals surface area contributed by atoms with Gasteiger partial charge in [-0.05, 0) is 68.1 Å². The molecule has 6 nitrogen and oxygen atoms in total. The summed E-state index contributed by atoms with van der Waals surface area (Å²) in [6.07, 6.45) is 8.77. The molecule has 1 saturated carbocycles. The van der Waals surface area contributed by atoms with E-state index in [9.17, 15) is 9.59 Å². The molecule has 1 amide bonds. The van der Waals surface area contributed by atoms with Crippen molar-refractivity contribution in [1.29, 1.82) is 0 Å². The molecule has 0 radical (unpaired) electrons. The van der Waals surface area contributed by atoms with E-state index in [1.807, 2.05) is 48.7 Å². The second-order valence-corrected chi connectivity index (χ2v) is 10.9. The maximum atomic E-state index is 12.6. The van der Waals surface area contributed by atoms with Gasteiger partial charge in [-0.3, -0.25) is 14.0 Å². The molecule has 0 saturated heterocycles. The van der Waals surface area contributed by atoms with Crippen LogP contribution in [0, 0.1) is 12.8 Å². The van der Waals surface area contributed by atoms with E-state index >= 15 is 0 Å². The highest BCUT2D eigenvalue weighted by Crippen LogP contribution is 2.38. The van der Waals surface area contributed by atoms with Crippen LogP contribution in [0.3, 0.4) is 0 Å². The molecule has 37 heavy (non-hydrogen) atoms. The smallest absolute Gasteiger partial charge is 0.306 e. The lowest BCUT2D eigenvalue weighted by Gasteiger charge is -2.28. The van der Waals surface area contributed by atoms with Gasteiger partial charge in [0.1, 0.15) is 5.69 Å². The highest BCUT2D eigenvalue weighted by molar-refractivity contribution is 7.20. The third kappa shape index (κ3) is 6.10. The molecule has 192 valence electrons. The first-order valence-corrected chi connectivity index (χ1v) is 13.9. The Hall–Kier alpha value is -3.45. The third-order valence-electron chi connectivity index (χ3n) is 7.24. The zero-order chi connectivity index (χ0) is 25.8. The number of ether oxygens (including phenoxy) is 1. The molecule has 2 heterocycles. The molecule has 0 atom stereocenters. The number of fused-ring (bicyclic) bond motifs is 1. The predicted octanol–water partition coefficient (Wildman–Crippen LogP) is 6.53. The van der Waals surface area contributed by atoms with E-state index in [4.69, 9.17) is 4.74 Å². The first-order valence-electron chi connectivity index (χ1n) is 13.1. The topological polar surface area (TPSA) is 72.7 Å². The molecule has 1 fully saturated rings. The Balaban J connectivity index is 1.17. The largest absolute Gasteiger partial charge is 0.466 e. The van der Waals surface area contributed by atoms with Crippen LogP contribution >= 0.6 is 11.3 Å². The molecule has 5 rings (SSSR count). The Bertz CT molecular complexity index is 1330. The number of thiazole rings is 1. The molecule has 0 spiro atoms. The van der Waals surface area contributed by atoms with Gasteiger partial charge in [-0.15, -0.1) is 0 Å². The number of imidazole rings is 1. The summed E-state index contributed by atoms with van der Waals surface area (Å²) in [5, 5.41) is 2.95. The number of esters is 1. The van der Waals surface area contributed by atoms with Crippen molar-refractivity contribution in [2.75, 3.05) is 6.61 Å². The van der Waals surface area contributed by atoms with Gasteiger partial charge in [0.05, 0.1) is 11.5 Å². The minimum absolute atomic E-state index is 0.0624. The summed E-state index contributed by atoms with van der Waals surface area (Å²) < 4.78 is 7.04. The Kier molecular flexibility index (Phi) is 7.70. The van der Waals surface area contributed by atoms with E-state index in [2.05, 4.69) is 34.6 Å². The van der Waals surface area contributed by atoms with Crippen molar-refractivity contribution in [3.05, 3.63) is 83.3 Å². The van der Waals surface area contributed by atoms with Crippen LogP contribution in [0.25, 0.3) is 15.4 Å². The van der Waals surface area contributed by atoms with E-state index in [1.165, 1.54) is 11.1 Å². The number of amides is 1. The minimum atomic E-state index is -0.167. The van der Waals surface area contributed by atoms with Crippen molar-refractivity contribution in [1.82, 2.24) is 14.7 Å². The van der Waals surface area contributed by atoms with Crippen molar-refractivity contribution in [2.24, 2.45) is 5.92 Å². The Morgan fingerprint density at radius 2 is 1.76 bits per heavy atom. The van der Waals surface area contributed by atoms with Gasteiger partial charge < -0.3 is 10.1 Å². The van der Waals surface area contributed by atoms with Crippen molar-refractivity contribution >= 4 is 28.2 Å². The fraction of sp³-hybridized carbons (Fsp3) is 0.367. The number of hydrogen-bond donors (Lipinski definition) is 1. The quantitative estimate of drug-likeness (QED) is 0.271. The lowest BCUT2D eigenvalue weighted by Crippen LogP contribution is -2.23. The summed E-state index contributed by atoms with van der Waals surface area (Å²) in [7, 11) is 0. The predicted molar refractivity (Wildman–Crippen MR) is 147 cm³/mol. The molecule has 2 aromatic heterocycles. The average molecular weight is 516 g/mol. The van der Waals surface area contributed by atoms with Crippen LogP contribution in [0.5, 0.6) is 0 Å². The molecule has 0 unspecified atom stereocenters. The number of nitrogens with zero attached hydrogens (tertiary/aromatic N) is 2. The number of carbonyl (C=O) groups excluding carboxylic acids is 2. The number of benzene rings is 2. The molecule has 1 aliphatic carbocycles. The van der Waals surface area contributed by atoms with E-state index in [-0.39, 0.29) is 11.9 Å². The number of carbonyl (C=O) groups is 2. The fourth-order valence-electron chi connectivity index (χ4n) is 5.09. The number of rotatable bonds is 8. The second kappa shape index (κ2) is 11.3. The summed E-state index contributed by atoms with van der Waals surface area (Å²) in [4.78, 5) is 30.8. The summed E-state index contributed by atoms with van der Waals surface area (Å²) in [6, 6.07) is 17.0. The zero-order valence-corrected chi connectivity index (χ0v) is 22.2. The normalized spacial score (nSPS) is 17.6. The van der Waals surface area contributed by atoms with Crippen molar-refractivity contribution in [3.63, 3.8) is 0 Å². The summed E-state index contributed by atoms with van der Waals surface area (Å²) in [6.45, 7) is 4.85. The van der Waals surface area contributed by atoms with Gasteiger partial charge in [-0.1, -0.05) is 65.4 Å². The van der Waals surface area contributed by atoms with Crippen molar-refractivity contribution in [2.45, 2.75) is 58.4 Å². The molecule has 0 aliphatic heterocycles. The van der Waals surface area contributed by atoms with Crippen LogP contribution in [0.2, 0.25) is 0 Å². The number of aromatic nitrogens is 2. The van der Waals surface area contributed by atoms with Gasteiger partial charge in [-0.25, -0.2) is 4.98 Å². The van der Waals surface area contributed by atoms with Gasteiger partial charge in [0.15, 0.2) is 4.96 Å².